The third-order valence-electron chi connectivity index (χ3n) is 4.38. The maximum absolute atomic E-state index is 12.7. The van der Waals surface area contributed by atoms with Crippen molar-refractivity contribution in [3.05, 3.63) is 70.2 Å². The van der Waals surface area contributed by atoms with E-state index in [2.05, 4.69) is 10.6 Å². The Morgan fingerprint density at radius 3 is 2.63 bits per heavy atom. The zero-order chi connectivity index (χ0) is 18.5. The molecule has 6 nitrogen and oxygen atoms in total. The van der Waals surface area contributed by atoms with Crippen molar-refractivity contribution in [1.82, 2.24) is 15.5 Å². The Hall–Kier alpha value is -2.28. The highest BCUT2D eigenvalue weighted by molar-refractivity contribution is 6.30. The Morgan fingerprint density at radius 2 is 1.96 bits per heavy atom. The lowest BCUT2D eigenvalue weighted by Crippen LogP contribution is -2.51. The predicted molar refractivity (Wildman–Crippen MR) is 107 cm³/mol. The molecular weight excluding hydrogens is 389 g/mol. The minimum atomic E-state index is -0.967. The van der Waals surface area contributed by atoms with Gasteiger partial charge < -0.3 is 20.6 Å². The van der Waals surface area contributed by atoms with Crippen LogP contribution in [-0.2, 0) is 6.54 Å². The standard InChI is InChI=1S/C19H20ClN3O3.ClH/c20-16-3-1-2-15(10-16)17-12-21-8-9-23(17)19(26)22-11-13-4-6-14(7-5-13)18(24)25;/h1-7,10,17,21H,8-9,11-12H2,(H,22,26)(H,24,25);1H. The molecule has 1 aliphatic heterocycles. The van der Waals surface area contributed by atoms with Crippen molar-refractivity contribution in [2.75, 3.05) is 19.6 Å². The zero-order valence-corrected chi connectivity index (χ0v) is 16.1. The van der Waals surface area contributed by atoms with Crippen molar-refractivity contribution in [3.8, 4) is 0 Å². The lowest BCUT2D eigenvalue weighted by molar-refractivity contribution is 0.0697. The molecule has 2 aromatic rings. The number of benzene rings is 2. The SMILES string of the molecule is Cl.O=C(O)c1ccc(CNC(=O)N2CCNCC2c2cccc(Cl)c2)cc1. The van der Waals surface area contributed by atoms with Crippen LogP contribution in [-0.4, -0.2) is 41.6 Å². The predicted octanol–water partition coefficient (Wildman–Crippen LogP) is 3.32. The Kier molecular flexibility index (Phi) is 7.47. The van der Waals surface area contributed by atoms with Gasteiger partial charge in [0.25, 0.3) is 0 Å². The first kappa shape index (κ1) is 21.0. The highest BCUT2D eigenvalue weighted by Gasteiger charge is 2.27. The summed E-state index contributed by atoms with van der Waals surface area (Å²) >= 11 is 6.09. The second kappa shape index (κ2) is 9.60. The van der Waals surface area contributed by atoms with E-state index in [-0.39, 0.29) is 30.0 Å². The van der Waals surface area contributed by atoms with Crippen LogP contribution in [0.4, 0.5) is 4.79 Å². The summed E-state index contributed by atoms with van der Waals surface area (Å²) in [4.78, 5) is 25.4. The largest absolute Gasteiger partial charge is 0.478 e. The highest BCUT2D eigenvalue weighted by Crippen LogP contribution is 2.24. The van der Waals surface area contributed by atoms with Crippen molar-refractivity contribution in [1.29, 1.82) is 0 Å². The van der Waals surface area contributed by atoms with Gasteiger partial charge in [-0.1, -0.05) is 35.9 Å². The monoisotopic (exact) mass is 409 g/mol. The summed E-state index contributed by atoms with van der Waals surface area (Å²) < 4.78 is 0. The van der Waals surface area contributed by atoms with Gasteiger partial charge in [0, 0.05) is 31.2 Å². The number of carbonyl (C=O) groups excluding carboxylic acids is 1. The molecule has 27 heavy (non-hydrogen) atoms. The molecule has 0 spiro atoms. The first-order chi connectivity index (χ1) is 12.5. The van der Waals surface area contributed by atoms with Gasteiger partial charge in [-0.3, -0.25) is 0 Å². The molecule has 0 aromatic heterocycles. The molecule has 2 aromatic carbocycles. The number of carboxylic acids is 1. The molecule has 3 rings (SSSR count). The van der Waals surface area contributed by atoms with Gasteiger partial charge in [0.2, 0.25) is 0 Å². The summed E-state index contributed by atoms with van der Waals surface area (Å²) in [5.74, 6) is -0.967. The fourth-order valence-corrected chi connectivity index (χ4v) is 3.20. The van der Waals surface area contributed by atoms with Crippen LogP contribution in [0.3, 0.4) is 0 Å². The van der Waals surface area contributed by atoms with Crippen LogP contribution in [0.15, 0.2) is 48.5 Å². The number of rotatable bonds is 4. The molecule has 0 saturated carbocycles. The zero-order valence-electron chi connectivity index (χ0n) is 14.5. The molecule has 8 heteroatoms. The molecule has 0 radical (unpaired) electrons. The molecule has 1 saturated heterocycles. The number of urea groups is 1. The Balaban J connectivity index is 0.00000261. The first-order valence-electron chi connectivity index (χ1n) is 8.37. The Bertz CT molecular complexity index is 799. The van der Waals surface area contributed by atoms with E-state index in [0.29, 0.717) is 24.7 Å². The molecule has 1 aliphatic rings. The Labute approximate surface area is 168 Å². The van der Waals surface area contributed by atoms with Gasteiger partial charge in [0.1, 0.15) is 0 Å². The number of hydrogen-bond donors (Lipinski definition) is 3. The lowest BCUT2D eigenvalue weighted by Gasteiger charge is -2.36. The van der Waals surface area contributed by atoms with E-state index in [1.54, 1.807) is 17.0 Å². The molecule has 0 bridgehead atoms. The fraction of sp³-hybridized carbons (Fsp3) is 0.263. The second-order valence-corrected chi connectivity index (χ2v) is 6.57. The van der Waals surface area contributed by atoms with Crippen molar-refractivity contribution in [2.45, 2.75) is 12.6 Å². The van der Waals surface area contributed by atoms with Crippen LogP contribution in [0.5, 0.6) is 0 Å². The summed E-state index contributed by atoms with van der Waals surface area (Å²) in [5.41, 5.74) is 2.06. The van der Waals surface area contributed by atoms with Gasteiger partial charge in [-0.15, -0.1) is 12.4 Å². The van der Waals surface area contributed by atoms with Crippen molar-refractivity contribution in [3.63, 3.8) is 0 Å². The number of carboxylic acid groups (broad SMARTS) is 1. The number of hydrogen-bond acceptors (Lipinski definition) is 3. The van der Waals surface area contributed by atoms with E-state index in [0.717, 1.165) is 17.7 Å². The number of aromatic carboxylic acids is 1. The average Bonchev–Trinajstić information content (AvgIpc) is 2.66. The van der Waals surface area contributed by atoms with Crippen molar-refractivity contribution in [2.24, 2.45) is 0 Å². The van der Waals surface area contributed by atoms with Crippen molar-refractivity contribution < 1.29 is 14.7 Å². The second-order valence-electron chi connectivity index (χ2n) is 6.13. The fourth-order valence-electron chi connectivity index (χ4n) is 3.00. The molecule has 1 unspecified atom stereocenters. The summed E-state index contributed by atoms with van der Waals surface area (Å²) in [6.45, 7) is 2.34. The minimum Gasteiger partial charge on any atom is -0.478 e. The maximum Gasteiger partial charge on any atom is 0.335 e. The van der Waals surface area contributed by atoms with Crippen LogP contribution in [0.25, 0.3) is 0 Å². The lowest BCUT2D eigenvalue weighted by atomic mass is 10.0. The van der Waals surface area contributed by atoms with Gasteiger partial charge in [0.15, 0.2) is 0 Å². The summed E-state index contributed by atoms with van der Waals surface area (Å²) in [7, 11) is 0. The van der Waals surface area contributed by atoms with Crippen LogP contribution < -0.4 is 10.6 Å². The molecule has 3 N–H and O–H groups in total. The molecule has 2 amide bonds. The quantitative estimate of drug-likeness (QED) is 0.723. The molecule has 144 valence electrons. The molecule has 0 aliphatic carbocycles. The first-order valence-corrected chi connectivity index (χ1v) is 8.75. The number of amides is 2. The molecule has 1 atom stereocenters. The van der Waals surface area contributed by atoms with Crippen LogP contribution in [0.1, 0.15) is 27.5 Å². The highest BCUT2D eigenvalue weighted by atomic mass is 35.5. The van der Waals surface area contributed by atoms with Gasteiger partial charge in [0.05, 0.1) is 11.6 Å². The van der Waals surface area contributed by atoms with Crippen LogP contribution in [0.2, 0.25) is 5.02 Å². The van der Waals surface area contributed by atoms with E-state index in [4.69, 9.17) is 16.7 Å². The van der Waals surface area contributed by atoms with Gasteiger partial charge in [-0.25, -0.2) is 9.59 Å². The third kappa shape index (κ3) is 5.35. The molecular formula is C19H21Cl2N3O3. The Morgan fingerprint density at radius 1 is 1.22 bits per heavy atom. The number of halogens is 2. The smallest absolute Gasteiger partial charge is 0.335 e. The number of piperazine rings is 1. The van der Waals surface area contributed by atoms with E-state index in [1.165, 1.54) is 12.1 Å². The van der Waals surface area contributed by atoms with E-state index >= 15 is 0 Å². The van der Waals surface area contributed by atoms with Gasteiger partial charge in [-0.05, 0) is 35.4 Å². The van der Waals surface area contributed by atoms with E-state index in [1.807, 2.05) is 24.3 Å². The normalized spacial score (nSPS) is 16.3. The summed E-state index contributed by atoms with van der Waals surface area (Å²) in [5, 5.41) is 15.8. The minimum absolute atomic E-state index is 0. The van der Waals surface area contributed by atoms with E-state index in [9.17, 15) is 9.59 Å². The van der Waals surface area contributed by atoms with Gasteiger partial charge in [-0.2, -0.15) is 0 Å². The summed E-state index contributed by atoms with van der Waals surface area (Å²) in [6, 6.07) is 13.8. The topological polar surface area (TPSA) is 81.7 Å². The third-order valence-corrected chi connectivity index (χ3v) is 4.62. The number of carbonyl (C=O) groups is 2. The molecule has 1 heterocycles. The number of nitrogens with zero attached hydrogens (tertiary/aromatic N) is 1. The van der Waals surface area contributed by atoms with Crippen LogP contribution >= 0.6 is 24.0 Å². The number of nitrogens with one attached hydrogen (secondary N) is 2. The van der Waals surface area contributed by atoms with Crippen LogP contribution in [0, 0.1) is 0 Å². The molecule has 1 fully saturated rings. The summed E-state index contributed by atoms with van der Waals surface area (Å²) in [6.07, 6.45) is 0. The van der Waals surface area contributed by atoms with Crippen molar-refractivity contribution >= 4 is 36.0 Å². The maximum atomic E-state index is 12.7. The van der Waals surface area contributed by atoms with Gasteiger partial charge >= 0.3 is 12.0 Å². The van der Waals surface area contributed by atoms with E-state index < -0.39 is 5.97 Å². The average molecular weight is 410 g/mol.